The van der Waals surface area contributed by atoms with Crippen LogP contribution in [-0.2, 0) is 6.54 Å². The van der Waals surface area contributed by atoms with E-state index in [1.165, 1.54) is 0 Å². The highest BCUT2D eigenvalue weighted by Gasteiger charge is 2.14. The minimum atomic E-state index is 0.460. The van der Waals surface area contributed by atoms with Gasteiger partial charge in [-0.05, 0) is 23.8 Å². The lowest BCUT2D eigenvalue weighted by Gasteiger charge is -2.11. The molecule has 22 heavy (non-hydrogen) atoms. The molecule has 0 unspecified atom stereocenters. The molecule has 0 saturated heterocycles. The maximum Gasteiger partial charge on any atom is 0.169 e. The number of hydrogen-bond acceptors (Lipinski definition) is 3. The van der Waals surface area contributed by atoms with Crippen LogP contribution in [0.4, 0.5) is 0 Å². The van der Waals surface area contributed by atoms with Crippen LogP contribution >= 0.6 is 11.8 Å². The van der Waals surface area contributed by atoms with Crippen molar-refractivity contribution in [1.29, 1.82) is 5.26 Å². The summed E-state index contributed by atoms with van der Waals surface area (Å²) in [5, 5.41) is 10.8. The number of para-hydroxylation sites is 2. The number of benzene rings is 2. The molecule has 1 heterocycles. The van der Waals surface area contributed by atoms with Crippen LogP contribution in [0.15, 0.2) is 53.7 Å². The molecule has 0 N–H and O–H groups in total. The van der Waals surface area contributed by atoms with Crippen molar-refractivity contribution in [2.45, 2.75) is 30.8 Å². The van der Waals surface area contributed by atoms with Crippen LogP contribution < -0.4 is 0 Å². The summed E-state index contributed by atoms with van der Waals surface area (Å²) in [5.41, 5.74) is 3.86. The van der Waals surface area contributed by atoms with Gasteiger partial charge in [-0.3, -0.25) is 0 Å². The van der Waals surface area contributed by atoms with Gasteiger partial charge in [0.05, 0.1) is 29.2 Å². The third kappa shape index (κ3) is 2.86. The van der Waals surface area contributed by atoms with Crippen molar-refractivity contribution < 1.29 is 0 Å². The number of imidazole rings is 1. The Bertz CT molecular complexity index is 843. The van der Waals surface area contributed by atoms with Gasteiger partial charge in [0.1, 0.15) is 0 Å². The Morgan fingerprint density at radius 2 is 1.86 bits per heavy atom. The lowest BCUT2D eigenvalue weighted by Crippen LogP contribution is -2.04. The van der Waals surface area contributed by atoms with E-state index >= 15 is 0 Å². The van der Waals surface area contributed by atoms with Crippen molar-refractivity contribution in [3.05, 3.63) is 59.7 Å². The SMILES string of the molecule is CC(C)Sc1nc2ccccc2n1Cc1ccccc1C#N. The number of nitriles is 1. The summed E-state index contributed by atoms with van der Waals surface area (Å²) in [6, 6.07) is 18.2. The third-order valence-corrected chi connectivity index (χ3v) is 4.42. The number of rotatable bonds is 4. The van der Waals surface area contributed by atoms with Gasteiger partial charge in [0.25, 0.3) is 0 Å². The van der Waals surface area contributed by atoms with E-state index in [0.29, 0.717) is 11.8 Å². The predicted octanol–water partition coefficient (Wildman–Crippen LogP) is 4.46. The fraction of sp³-hybridized carbons (Fsp3) is 0.222. The molecule has 0 saturated carbocycles. The van der Waals surface area contributed by atoms with Crippen molar-refractivity contribution in [3.8, 4) is 6.07 Å². The highest BCUT2D eigenvalue weighted by Crippen LogP contribution is 2.28. The molecule has 0 amide bonds. The monoisotopic (exact) mass is 307 g/mol. The minimum absolute atomic E-state index is 0.460. The Labute approximate surface area is 134 Å². The fourth-order valence-corrected chi connectivity index (χ4v) is 3.31. The molecule has 0 aliphatic heterocycles. The van der Waals surface area contributed by atoms with E-state index in [1.807, 2.05) is 42.5 Å². The number of thioether (sulfide) groups is 1. The smallest absolute Gasteiger partial charge is 0.169 e. The summed E-state index contributed by atoms with van der Waals surface area (Å²) in [6.07, 6.45) is 0. The van der Waals surface area contributed by atoms with Crippen molar-refractivity contribution in [1.82, 2.24) is 9.55 Å². The summed E-state index contributed by atoms with van der Waals surface area (Å²) in [4.78, 5) is 4.75. The lowest BCUT2D eigenvalue weighted by atomic mass is 10.1. The van der Waals surface area contributed by atoms with Crippen LogP contribution in [0, 0.1) is 11.3 Å². The molecule has 0 aliphatic carbocycles. The average molecular weight is 307 g/mol. The molecule has 0 radical (unpaired) electrons. The molecule has 110 valence electrons. The molecule has 3 aromatic rings. The highest BCUT2D eigenvalue weighted by atomic mass is 32.2. The standard InChI is InChI=1S/C18H17N3S/c1-13(2)22-18-20-16-9-5-6-10-17(16)21(18)12-15-8-4-3-7-14(15)11-19/h3-10,13H,12H2,1-2H3. The molecule has 0 fully saturated rings. The first-order valence-electron chi connectivity index (χ1n) is 7.29. The van der Waals surface area contributed by atoms with Crippen LogP contribution in [0.5, 0.6) is 0 Å². The van der Waals surface area contributed by atoms with Crippen molar-refractivity contribution >= 4 is 22.8 Å². The van der Waals surface area contributed by atoms with E-state index in [-0.39, 0.29) is 0 Å². The number of aromatic nitrogens is 2. The van der Waals surface area contributed by atoms with Crippen LogP contribution in [0.2, 0.25) is 0 Å². The number of nitrogens with zero attached hydrogens (tertiary/aromatic N) is 3. The minimum Gasteiger partial charge on any atom is -0.314 e. The molecule has 2 aromatic carbocycles. The maximum atomic E-state index is 9.29. The van der Waals surface area contributed by atoms with Crippen molar-refractivity contribution in [3.63, 3.8) is 0 Å². The highest BCUT2D eigenvalue weighted by molar-refractivity contribution is 7.99. The van der Waals surface area contributed by atoms with E-state index in [1.54, 1.807) is 11.8 Å². The molecule has 0 spiro atoms. The van der Waals surface area contributed by atoms with Crippen LogP contribution in [0.1, 0.15) is 25.0 Å². The van der Waals surface area contributed by atoms with Crippen molar-refractivity contribution in [2.75, 3.05) is 0 Å². The Morgan fingerprint density at radius 1 is 1.14 bits per heavy atom. The largest absolute Gasteiger partial charge is 0.314 e. The van der Waals surface area contributed by atoms with E-state index in [0.717, 1.165) is 27.3 Å². The van der Waals surface area contributed by atoms with Gasteiger partial charge in [-0.1, -0.05) is 55.9 Å². The summed E-state index contributed by atoms with van der Waals surface area (Å²) < 4.78 is 2.20. The first-order chi connectivity index (χ1) is 10.7. The van der Waals surface area contributed by atoms with Gasteiger partial charge in [-0.15, -0.1) is 0 Å². The second-order valence-corrected chi connectivity index (χ2v) is 6.95. The summed E-state index contributed by atoms with van der Waals surface area (Å²) in [6.45, 7) is 4.99. The predicted molar refractivity (Wildman–Crippen MR) is 91.0 cm³/mol. The molecular weight excluding hydrogens is 290 g/mol. The molecule has 0 atom stereocenters. The van der Waals surface area contributed by atoms with Gasteiger partial charge in [0.15, 0.2) is 5.16 Å². The molecular formula is C18H17N3S. The summed E-state index contributed by atoms with van der Waals surface area (Å²) >= 11 is 1.75. The molecule has 3 nitrogen and oxygen atoms in total. The maximum absolute atomic E-state index is 9.29. The fourth-order valence-electron chi connectivity index (χ4n) is 2.44. The van der Waals surface area contributed by atoms with Gasteiger partial charge in [0, 0.05) is 5.25 Å². The zero-order chi connectivity index (χ0) is 15.5. The van der Waals surface area contributed by atoms with Gasteiger partial charge < -0.3 is 4.57 Å². The zero-order valence-corrected chi connectivity index (χ0v) is 13.5. The summed E-state index contributed by atoms with van der Waals surface area (Å²) in [7, 11) is 0. The molecule has 4 heteroatoms. The number of hydrogen-bond donors (Lipinski definition) is 0. The Morgan fingerprint density at radius 3 is 2.64 bits per heavy atom. The second-order valence-electron chi connectivity index (χ2n) is 5.40. The third-order valence-electron chi connectivity index (χ3n) is 3.43. The van der Waals surface area contributed by atoms with Crippen LogP contribution in [0.25, 0.3) is 11.0 Å². The summed E-state index contributed by atoms with van der Waals surface area (Å²) in [5.74, 6) is 0. The topological polar surface area (TPSA) is 41.6 Å². The van der Waals surface area contributed by atoms with Crippen LogP contribution in [0.3, 0.4) is 0 Å². The van der Waals surface area contributed by atoms with Crippen LogP contribution in [-0.4, -0.2) is 14.8 Å². The zero-order valence-electron chi connectivity index (χ0n) is 12.7. The normalized spacial score (nSPS) is 11.0. The Hall–Kier alpha value is -2.25. The molecule has 3 rings (SSSR count). The first-order valence-corrected chi connectivity index (χ1v) is 8.17. The van der Waals surface area contributed by atoms with E-state index in [4.69, 9.17) is 4.98 Å². The van der Waals surface area contributed by atoms with Gasteiger partial charge in [-0.25, -0.2) is 4.98 Å². The first kappa shape index (κ1) is 14.7. The Kier molecular flexibility index (Phi) is 4.17. The molecule has 0 aliphatic rings. The number of fused-ring (bicyclic) bond motifs is 1. The molecule has 1 aromatic heterocycles. The lowest BCUT2D eigenvalue weighted by molar-refractivity contribution is 0.728. The quantitative estimate of drug-likeness (QED) is 0.668. The van der Waals surface area contributed by atoms with E-state index in [9.17, 15) is 5.26 Å². The average Bonchev–Trinajstić information content (AvgIpc) is 2.85. The molecule has 0 bridgehead atoms. The van der Waals surface area contributed by atoms with E-state index < -0.39 is 0 Å². The second kappa shape index (κ2) is 6.25. The van der Waals surface area contributed by atoms with Gasteiger partial charge in [0.2, 0.25) is 0 Å². The van der Waals surface area contributed by atoms with Gasteiger partial charge >= 0.3 is 0 Å². The van der Waals surface area contributed by atoms with Gasteiger partial charge in [-0.2, -0.15) is 5.26 Å². The Balaban J connectivity index is 2.10. The van der Waals surface area contributed by atoms with Crippen molar-refractivity contribution in [2.24, 2.45) is 0 Å². The van der Waals surface area contributed by atoms with E-state index in [2.05, 4.69) is 30.6 Å².